The van der Waals surface area contributed by atoms with Gasteiger partial charge in [0.15, 0.2) is 0 Å². The zero-order chi connectivity index (χ0) is 12.8. The number of ether oxygens (including phenoxy) is 2. The number of hydrogen-bond donors (Lipinski definition) is 1. The highest BCUT2D eigenvalue weighted by Crippen LogP contribution is 2.07. The largest absolute Gasteiger partial charge is 0.465 e. The molecule has 1 amide bonds. The van der Waals surface area contributed by atoms with Crippen molar-refractivity contribution in [3.63, 3.8) is 0 Å². The molecule has 0 aliphatic carbocycles. The van der Waals surface area contributed by atoms with Gasteiger partial charge in [0.1, 0.15) is 0 Å². The van der Waals surface area contributed by atoms with Crippen LogP contribution in [0.3, 0.4) is 0 Å². The molecule has 1 saturated heterocycles. The SMILES string of the molecule is O=C(O)N1CCO[C@H](COCc2ccccc2)C1. The third-order valence-electron chi connectivity index (χ3n) is 2.82. The van der Waals surface area contributed by atoms with Gasteiger partial charge in [-0.2, -0.15) is 0 Å². The van der Waals surface area contributed by atoms with E-state index in [9.17, 15) is 4.79 Å². The van der Waals surface area contributed by atoms with Crippen LogP contribution >= 0.6 is 0 Å². The van der Waals surface area contributed by atoms with Crippen LogP contribution in [0.4, 0.5) is 4.79 Å². The van der Waals surface area contributed by atoms with Crippen LogP contribution in [-0.2, 0) is 16.1 Å². The van der Waals surface area contributed by atoms with Crippen molar-refractivity contribution in [1.82, 2.24) is 4.90 Å². The van der Waals surface area contributed by atoms with Crippen LogP contribution in [0.1, 0.15) is 5.56 Å². The Balaban J connectivity index is 1.72. The Hall–Kier alpha value is -1.59. The van der Waals surface area contributed by atoms with E-state index in [-0.39, 0.29) is 6.10 Å². The van der Waals surface area contributed by atoms with Crippen molar-refractivity contribution in [2.45, 2.75) is 12.7 Å². The lowest BCUT2D eigenvalue weighted by Crippen LogP contribution is -2.46. The minimum atomic E-state index is -0.897. The van der Waals surface area contributed by atoms with Gasteiger partial charge in [-0.1, -0.05) is 30.3 Å². The summed E-state index contributed by atoms with van der Waals surface area (Å²) in [5, 5.41) is 8.89. The molecule has 98 valence electrons. The van der Waals surface area contributed by atoms with Crippen LogP contribution in [0, 0.1) is 0 Å². The fraction of sp³-hybridized carbons (Fsp3) is 0.462. The first-order chi connectivity index (χ1) is 8.75. The molecular weight excluding hydrogens is 234 g/mol. The fourth-order valence-corrected chi connectivity index (χ4v) is 1.88. The van der Waals surface area contributed by atoms with Gasteiger partial charge in [-0.3, -0.25) is 0 Å². The Kier molecular flexibility index (Phi) is 4.55. The molecule has 1 aliphatic heterocycles. The van der Waals surface area contributed by atoms with Crippen molar-refractivity contribution in [3.05, 3.63) is 35.9 Å². The second kappa shape index (κ2) is 6.37. The molecule has 0 saturated carbocycles. The normalized spacial score (nSPS) is 19.8. The van der Waals surface area contributed by atoms with Gasteiger partial charge in [-0.15, -0.1) is 0 Å². The molecule has 1 aromatic rings. The minimum Gasteiger partial charge on any atom is -0.465 e. The minimum absolute atomic E-state index is 0.168. The molecule has 1 aromatic carbocycles. The average molecular weight is 251 g/mol. The average Bonchev–Trinajstić information content (AvgIpc) is 2.40. The standard InChI is InChI=1S/C13H17NO4/c15-13(16)14-6-7-18-12(8-14)10-17-9-11-4-2-1-3-5-11/h1-5,12H,6-10H2,(H,15,16)/t12-/m0/s1. The Morgan fingerprint density at radius 1 is 1.44 bits per heavy atom. The molecule has 1 aliphatic rings. The summed E-state index contributed by atoms with van der Waals surface area (Å²) in [5.74, 6) is 0. The first kappa shape index (κ1) is 12.9. The second-order valence-corrected chi connectivity index (χ2v) is 4.22. The quantitative estimate of drug-likeness (QED) is 0.882. The summed E-state index contributed by atoms with van der Waals surface area (Å²) in [6, 6.07) is 9.86. The molecule has 1 heterocycles. The zero-order valence-corrected chi connectivity index (χ0v) is 10.1. The number of carboxylic acid groups (broad SMARTS) is 1. The van der Waals surface area contributed by atoms with E-state index in [1.54, 1.807) is 0 Å². The number of amides is 1. The monoisotopic (exact) mass is 251 g/mol. The molecule has 0 radical (unpaired) electrons. The summed E-state index contributed by atoms with van der Waals surface area (Å²) in [4.78, 5) is 12.2. The summed E-state index contributed by atoms with van der Waals surface area (Å²) in [7, 11) is 0. The first-order valence-electron chi connectivity index (χ1n) is 5.97. The fourth-order valence-electron chi connectivity index (χ4n) is 1.88. The number of rotatable bonds is 4. The highest BCUT2D eigenvalue weighted by Gasteiger charge is 2.23. The Bertz CT molecular complexity index is 382. The molecule has 5 nitrogen and oxygen atoms in total. The van der Waals surface area contributed by atoms with Gasteiger partial charge in [-0.05, 0) is 5.56 Å². The molecule has 5 heteroatoms. The molecule has 0 spiro atoms. The maximum absolute atomic E-state index is 10.8. The number of nitrogens with zero attached hydrogens (tertiary/aromatic N) is 1. The van der Waals surface area contributed by atoms with Crippen molar-refractivity contribution < 1.29 is 19.4 Å². The highest BCUT2D eigenvalue weighted by atomic mass is 16.5. The molecule has 0 unspecified atom stereocenters. The highest BCUT2D eigenvalue weighted by molar-refractivity contribution is 5.65. The first-order valence-corrected chi connectivity index (χ1v) is 5.97. The zero-order valence-electron chi connectivity index (χ0n) is 10.1. The summed E-state index contributed by atoms with van der Waals surface area (Å²) in [6.07, 6.45) is -1.06. The number of carbonyl (C=O) groups is 1. The maximum Gasteiger partial charge on any atom is 0.407 e. The van der Waals surface area contributed by atoms with Crippen LogP contribution in [0.2, 0.25) is 0 Å². The van der Waals surface area contributed by atoms with Crippen molar-refractivity contribution in [2.24, 2.45) is 0 Å². The Morgan fingerprint density at radius 3 is 2.94 bits per heavy atom. The van der Waals surface area contributed by atoms with E-state index in [4.69, 9.17) is 14.6 Å². The molecule has 1 N–H and O–H groups in total. The topological polar surface area (TPSA) is 59.0 Å². The van der Waals surface area contributed by atoms with E-state index in [0.717, 1.165) is 5.56 Å². The summed E-state index contributed by atoms with van der Waals surface area (Å²) in [5.41, 5.74) is 1.10. The predicted molar refractivity (Wildman–Crippen MR) is 65.4 cm³/mol. The lowest BCUT2D eigenvalue weighted by molar-refractivity contribution is -0.0660. The van der Waals surface area contributed by atoms with E-state index >= 15 is 0 Å². The van der Waals surface area contributed by atoms with Gasteiger partial charge in [0.2, 0.25) is 0 Å². The number of hydrogen-bond acceptors (Lipinski definition) is 3. The number of morpholine rings is 1. The van der Waals surface area contributed by atoms with E-state index < -0.39 is 6.09 Å². The summed E-state index contributed by atoms with van der Waals surface area (Å²) in [6.45, 7) is 2.19. The summed E-state index contributed by atoms with van der Waals surface area (Å²) < 4.78 is 11.0. The predicted octanol–water partition coefficient (Wildman–Crippen LogP) is 1.58. The van der Waals surface area contributed by atoms with E-state index in [0.29, 0.717) is 32.9 Å². The van der Waals surface area contributed by atoms with Crippen LogP contribution in [0.5, 0.6) is 0 Å². The third-order valence-corrected chi connectivity index (χ3v) is 2.82. The third kappa shape index (κ3) is 3.72. The van der Waals surface area contributed by atoms with Crippen LogP contribution < -0.4 is 0 Å². The van der Waals surface area contributed by atoms with Crippen LogP contribution in [-0.4, -0.2) is 48.5 Å². The van der Waals surface area contributed by atoms with Gasteiger partial charge >= 0.3 is 6.09 Å². The Morgan fingerprint density at radius 2 is 2.22 bits per heavy atom. The van der Waals surface area contributed by atoms with Gasteiger partial charge in [-0.25, -0.2) is 4.79 Å². The van der Waals surface area contributed by atoms with Crippen molar-refractivity contribution in [3.8, 4) is 0 Å². The Labute approximate surface area is 106 Å². The van der Waals surface area contributed by atoms with Crippen molar-refractivity contribution >= 4 is 6.09 Å². The van der Waals surface area contributed by atoms with Gasteiger partial charge in [0.25, 0.3) is 0 Å². The smallest absolute Gasteiger partial charge is 0.407 e. The molecular formula is C13H17NO4. The molecule has 0 aromatic heterocycles. The lowest BCUT2D eigenvalue weighted by Gasteiger charge is -2.30. The molecule has 0 bridgehead atoms. The number of benzene rings is 1. The van der Waals surface area contributed by atoms with Crippen molar-refractivity contribution in [1.29, 1.82) is 0 Å². The second-order valence-electron chi connectivity index (χ2n) is 4.22. The summed E-state index contributed by atoms with van der Waals surface area (Å²) >= 11 is 0. The van der Waals surface area contributed by atoms with Crippen LogP contribution in [0.15, 0.2) is 30.3 Å². The van der Waals surface area contributed by atoms with Gasteiger partial charge < -0.3 is 19.5 Å². The molecule has 18 heavy (non-hydrogen) atoms. The van der Waals surface area contributed by atoms with Gasteiger partial charge in [0.05, 0.1) is 32.5 Å². The van der Waals surface area contributed by atoms with Gasteiger partial charge in [0, 0.05) is 6.54 Å². The van der Waals surface area contributed by atoms with Crippen molar-refractivity contribution in [2.75, 3.05) is 26.3 Å². The van der Waals surface area contributed by atoms with E-state index in [1.165, 1.54) is 4.90 Å². The lowest BCUT2D eigenvalue weighted by atomic mass is 10.2. The van der Waals surface area contributed by atoms with E-state index in [1.807, 2.05) is 30.3 Å². The van der Waals surface area contributed by atoms with E-state index in [2.05, 4.69) is 0 Å². The molecule has 1 fully saturated rings. The van der Waals surface area contributed by atoms with Crippen LogP contribution in [0.25, 0.3) is 0 Å². The maximum atomic E-state index is 10.8. The molecule has 1 atom stereocenters. The molecule has 2 rings (SSSR count).